The highest BCUT2D eigenvalue weighted by atomic mass is 16.4. The summed E-state index contributed by atoms with van der Waals surface area (Å²) in [4.78, 5) is 13.4. The number of nitrogens with zero attached hydrogens (tertiary/aromatic N) is 1. The minimum atomic E-state index is -0.655. The molecule has 1 aliphatic heterocycles. The zero-order valence-corrected chi connectivity index (χ0v) is 10.5. The predicted octanol–water partition coefficient (Wildman–Crippen LogP) is 2.48. The Kier molecular flexibility index (Phi) is 2.86. The summed E-state index contributed by atoms with van der Waals surface area (Å²) in [5, 5.41) is 9.04. The van der Waals surface area contributed by atoms with Crippen molar-refractivity contribution >= 4 is 5.97 Å². The summed E-state index contributed by atoms with van der Waals surface area (Å²) in [6.07, 6.45) is 3.61. The third-order valence-corrected chi connectivity index (χ3v) is 4.59. The van der Waals surface area contributed by atoms with Gasteiger partial charge >= 0.3 is 5.97 Å². The Morgan fingerprint density at radius 2 is 1.94 bits per heavy atom. The van der Waals surface area contributed by atoms with Gasteiger partial charge in [-0.3, -0.25) is 9.69 Å². The highest BCUT2D eigenvalue weighted by Crippen LogP contribution is 2.45. The fourth-order valence-electron chi connectivity index (χ4n) is 3.27. The molecule has 18 heavy (non-hydrogen) atoms. The van der Waals surface area contributed by atoms with E-state index in [9.17, 15) is 4.79 Å². The van der Waals surface area contributed by atoms with Crippen LogP contribution in [0.3, 0.4) is 0 Å². The number of aliphatic carboxylic acids is 1. The Labute approximate surface area is 107 Å². The molecule has 0 atom stereocenters. The van der Waals surface area contributed by atoms with Crippen molar-refractivity contribution in [1.29, 1.82) is 0 Å². The molecule has 0 bridgehead atoms. The Morgan fingerprint density at radius 3 is 2.44 bits per heavy atom. The molecule has 1 aliphatic carbocycles. The van der Waals surface area contributed by atoms with E-state index in [2.05, 4.69) is 29.2 Å². The van der Waals surface area contributed by atoms with Crippen molar-refractivity contribution in [3.8, 4) is 0 Å². The van der Waals surface area contributed by atoms with Crippen molar-refractivity contribution in [2.45, 2.75) is 37.1 Å². The second-order valence-electron chi connectivity index (χ2n) is 5.66. The minimum Gasteiger partial charge on any atom is -0.481 e. The Balaban J connectivity index is 1.63. The second kappa shape index (κ2) is 4.39. The number of benzene rings is 1. The van der Waals surface area contributed by atoms with Crippen molar-refractivity contribution in [1.82, 2.24) is 4.90 Å². The van der Waals surface area contributed by atoms with Crippen molar-refractivity contribution in [3.63, 3.8) is 0 Å². The largest absolute Gasteiger partial charge is 0.481 e. The van der Waals surface area contributed by atoms with Gasteiger partial charge in [0, 0.05) is 24.5 Å². The van der Waals surface area contributed by atoms with Crippen molar-refractivity contribution < 1.29 is 9.90 Å². The number of hydrogen-bond acceptors (Lipinski definition) is 2. The molecule has 2 fully saturated rings. The zero-order valence-electron chi connectivity index (χ0n) is 10.5. The van der Waals surface area contributed by atoms with Crippen molar-refractivity contribution in [3.05, 3.63) is 35.9 Å². The Morgan fingerprint density at radius 1 is 1.28 bits per heavy atom. The highest BCUT2D eigenvalue weighted by molar-refractivity contribution is 5.68. The van der Waals surface area contributed by atoms with E-state index in [1.54, 1.807) is 0 Å². The monoisotopic (exact) mass is 245 g/mol. The number of rotatable bonds is 4. The van der Waals surface area contributed by atoms with Gasteiger partial charge in [-0.25, -0.2) is 0 Å². The molecule has 0 unspecified atom stereocenters. The van der Waals surface area contributed by atoms with Crippen LogP contribution in [0, 0.1) is 0 Å². The standard InChI is InChI=1S/C15H19NO2/c17-14(18)9-15(7-4-8-15)16-10-13(11-16)12-5-2-1-3-6-12/h1-3,5-6,13H,4,7-11H2,(H,17,18). The normalized spacial score (nSPS) is 23.1. The molecule has 1 saturated carbocycles. The lowest BCUT2D eigenvalue weighted by molar-refractivity contribution is -0.145. The van der Waals surface area contributed by atoms with Crippen LogP contribution in [0.5, 0.6) is 0 Å². The first-order chi connectivity index (χ1) is 8.70. The van der Waals surface area contributed by atoms with Gasteiger partial charge < -0.3 is 5.11 Å². The first-order valence-corrected chi connectivity index (χ1v) is 6.71. The van der Waals surface area contributed by atoms with Gasteiger partial charge in [-0.2, -0.15) is 0 Å². The number of carboxylic acid groups (broad SMARTS) is 1. The Hall–Kier alpha value is -1.35. The van der Waals surface area contributed by atoms with Gasteiger partial charge in [-0.05, 0) is 24.8 Å². The van der Waals surface area contributed by atoms with Gasteiger partial charge in [0.25, 0.3) is 0 Å². The maximum atomic E-state index is 11.0. The molecular weight excluding hydrogens is 226 g/mol. The number of carbonyl (C=O) groups is 1. The van der Waals surface area contributed by atoms with Gasteiger partial charge in [0.05, 0.1) is 6.42 Å². The lowest BCUT2D eigenvalue weighted by Crippen LogP contribution is -2.62. The number of carboxylic acids is 1. The molecule has 3 nitrogen and oxygen atoms in total. The van der Waals surface area contributed by atoms with E-state index in [4.69, 9.17) is 5.11 Å². The molecule has 2 aliphatic rings. The third kappa shape index (κ3) is 1.93. The minimum absolute atomic E-state index is 0.0168. The van der Waals surface area contributed by atoms with Crippen LogP contribution >= 0.6 is 0 Å². The first-order valence-electron chi connectivity index (χ1n) is 6.71. The van der Waals surface area contributed by atoms with E-state index < -0.39 is 5.97 Å². The topological polar surface area (TPSA) is 40.5 Å². The van der Waals surface area contributed by atoms with E-state index in [-0.39, 0.29) is 5.54 Å². The van der Waals surface area contributed by atoms with Gasteiger partial charge in [-0.15, -0.1) is 0 Å². The average molecular weight is 245 g/mol. The molecular formula is C15H19NO2. The summed E-state index contributed by atoms with van der Waals surface area (Å²) in [6.45, 7) is 2.05. The van der Waals surface area contributed by atoms with Crippen LogP contribution in [0.4, 0.5) is 0 Å². The molecule has 96 valence electrons. The number of likely N-dealkylation sites (tertiary alicyclic amines) is 1. The molecule has 1 N–H and O–H groups in total. The van der Waals surface area contributed by atoms with Crippen molar-refractivity contribution in [2.75, 3.05) is 13.1 Å². The third-order valence-electron chi connectivity index (χ3n) is 4.59. The fraction of sp³-hybridized carbons (Fsp3) is 0.533. The quantitative estimate of drug-likeness (QED) is 0.886. The Bertz CT molecular complexity index is 433. The summed E-state index contributed by atoms with van der Waals surface area (Å²) in [5.74, 6) is -0.0599. The maximum Gasteiger partial charge on any atom is 0.305 e. The van der Waals surface area contributed by atoms with E-state index in [1.165, 1.54) is 12.0 Å². The van der Waals surface area contributed by atoms with Crippen LogP contribution in [-0.4, -0.2) is 34.6 Å². The van der Waals surface area contributed by atoms with Crippen LogP contribution in [-0.2, 0) is 4.79 Å². The maximum absolute atomic E-state index is 11.0. The molecule has 1 heterocycles. The fourth-order valence-corrected chi connectivity index (χ4v) is 3.27. The molecule has 0 spiro atoms. The van der Waals surface area contributed by atoms with Crippen LogP contribution in [0.25, 0.3) is 0 Å². The predicted molar refractivity (Wildman–Crippen MR) is 69.6 cm³/mol. The van der Waals surface area contributed by atoms with Gasteiger partial charge in [0.1, 0.15) is 0 Å². The van der Waals surface area contributed by atoms with Gasteiger partial charge in [-0.1, -0.05) is 30.3 Å². The van der Waals surface area contributed by atoms with E-state index in [0.29, 0.717) is 12.3 Å². The SMILES string of the molecule is O=C(O)CC1(N2CC(c3ccccc3)C2)CCC1. The molecule has 1 saturated heterocycles. The molecule has 1 aromatic carbocycles. The van der Waals surface area contributed by atoms with Crippen LogP contribution in [0.15, 0.2) is 30.3 Å². The summed E-state index contributed by atoms with van der Waals surface area (Å²) in [5.41, 5.74) is 1.37. The second-order valence-corrected chi connectivity index (χ2v) is 5.66. The molecule has 0 amide bonds. The lowest BCUT2D eigenvalue weighted by Gasteiger charge is -2.56. The lowest BCUT2D eigenvalue weighted by atomic mass is 9.70. The summed E-state index contributed by atoms with van der Waals surface area (Å²) < 4.78 is 0. The van der Waals surface area contributed by atoms with Crippen LogP contribution in [0.2, 0.25) is 0 Å². The number of hydrogen-bond donors (Lipinski definition) is 1. The molecule has 3 rings (SSSR count). The highest BCUT2D eigenvalue weighted by Gasteiger charge is 2.48. The van der Waals surface area contributed by atoms with Gasteiger partial charge in [0.2, 0.25) is 0 Å². The van der Waals surface area contributed by atoms with Crippen LogP contribution < -0.4 is 0 Å². The first kappa shape index (κ1) is 11.7. The van der Waals surface area contributed by atoms with Gasteiger partial charge in [0.15, 0.2) is 0 Å². The average Bonchev–Trinajstić information content (AvgIpc) is 2.24. The van der Waals surface area contributed by atoms with Crippen molar-refractivity contribution in [2.24, 2.45) is 0 Å². The zero-order chi connectivity index (χ0) is 12.6. The molecule has 3 heteroatoms. The van der Waals surface area contributed by atoms with E-state index in [0.717, 1.165) is 25.9 Å². The summed E-state index contributed by atoms with van der Waals surface area (Å²) >= 11 is 0. The molecule has 0 aromatic heterocycles. The van der Waals surface area contributed by atoms with E-state index >= 15 is 0 Å². The summed E-state index contributed by atoms with van der Waals surface area (Å²) in [6, 6.07) is 10.5. The summed E-state index contributed by atoms with van der Waals surface area (Å²) in [7, 11) is 0. The molecule has 0 radical (unpaired) electrons. The molecule has 1 aromatic rings. The van der Waals surface area contributed by atoms with E-state index in [1.807, 2.05) is 6.07 Å². The smallest absolute Gasteiger partial charge is 0.305 e. The van der Waals surface area contributed by atoms with Crippen LogP contribution in [0.1, 0.15) is 37.2 Å².